The minimum absolute atomic E-state index is 0. The molecule has 0 fully saturated rings. The quantitative estimate of drug-likeness (QED) is 0.485. The van der Waals surface area contributed by atoms with Crippen molar-refractivity contribution in [3.8, 4) is 0 Å². The maximum absolute atomic E-state index is 2.19. The number of rotatable bonds is 0. The van der Waals surface area contributed by atoms with Crippen LogP contribution in [0.3, 0.4) is 0 Å². The van der Waals surface area contributed by atoms with E-state index in [0.29, 0.717) is 10.8 Å². The van der Waals surface area contributed by atoms with Gasteiger partial charge in [0.1, 0.15) is 0 Å². The Balaban J connectivity index is -0.0000000218. The Morgan fingerprint density at radius 2 is 0.375 bits per heavy atom. The van der Waals surface area contributed by atoms with Gasteiger partial charge in [-0.05, 0) is 10.8 Å². The third-order valence-electron chi connectivity index (χ3n) is 0. The van der Waals surface area contributed by atoms with Crippen LogP contribution in [0.2, 0.25) is 0 Å². The Morgan fingerprint density at radius 3 is 0.375 bits per heavy atom. The van der Waals surface area contributed by atoms with E-state index in [0.717, 1.165) is 0 Å². The van der Waals surface area contributed by atoms with Gasteiger partial charge in [-0.25, -0.2) is 0 Å². The predicted octanol–water partition coefficient (Wildman–Crippen LogP) is 5.40. The first-order valence-corrected chi connectivity index (χ1v) is 6.00. The third kappa shape index (κ3) is 144000. The highest BCUT2D eigenvalue weighted by Crippen LogP contribution is 2.08. The molecule has 0 unspecified atom stereocenters. The van der Waals surface area contributed by atoms with Crippen LogP contribution in [0.4, 0.5) is 0 Å². The van der Waals surface area contributed by atoms with Crippen molar-refractivity contribution in [1.82, 2.24) is 0 Å². The molecule has 0 amide bonds. The molecule has 0 saturated heterocycles. The number of hydrogen-bond donors (Lipinski definition) is 0. The molecule has 16 heavy (non-hydrogen) atoms. The second-order valence-corrected chi connectivity index (χ2v) is 6.00. The second-order valence-electron chi connectivity index (χ2n) is 6.00. The summed E-state index contributed by atoms with van der Waals surface area (Å²) in [5.41, 5.74) is 1.00. The molecule has 2 heteroatoms. The summed E-state index contributed by atoms with van der Waals surface area (Å²) in [6, 6.07) is 0. The molecular weight excluding hydrogens is 190 g/mol. The van der Waals surface area contributed by atoms with Gasteiger partial charge in [0.15, 0.2) is 0 Å². The SMILES string of the molecule is CC.CC.CC(C)(C)C.CC(C)(C)C.[B].[B]. The Bertz CT molecular complexity index is 51.7. The summed E-state index contributed by atoms with van der Waals surface area (Å²) in [5, 5.41) is 0. The van der Waals surface area contributed by atoms with Crippen molar-refractivity contribution >= 4 is 16.8 Å². The van der Waals surface area contributed by atoms with E-state index in [1.807, 2.05) is 27.7 Å². The van der Waals surface area contributed by atoms with Crippen molar-refractivity contribution in [2.75, 3.05) is 0 Å². The fourth-order valence-electron chi connectivity index (χ4n) is 0. The molecule has 0 aliphatic heterocycles. The molecule has 0 aromatic heterocycles. The van der Waals surface area contributed by atoms with E-state index in [9.17, 15) is 0 Å². The van der Waals surface area contributed by atoms with Crippen molar-refractivity contribution in [2.24, 2.45) is 10.8 Å². The molecule has 0 aliphatic carbocycles. The lowest BCUT2D eigenvalue weighted by molar-refractivity contribution is 0.469. The molecule has 0 bridgehead atoms. The molecule has 0 aliphatic rings. The highest BCUT2D eigenvalue weighted by Gasteiger charge is 1.96. The summed E-state index contributed by atoms with van der Waals surface area (Å²) in [5.74, 6) is 0. The highest BCUT2D eigenvalue weighted by atomic mass is 14.0. The molecule has 0 aromatic rings. The average molecular weight is 226 g/mol. The van der Waals surface area contributed by atoms with Crippen LogP contribution in [0.25, 0.3) is 0 Å². The summed E-state index contributed by atoms with van der Waals surface area (Å²) in [6.45, 7) is 25.5. The summed E-state index contributed by atoms with van der Waals surface area (Å²) in [7, 11) is 0. The van der Waals surface area contributed by atoms with Crippen molar-refractivity contribution < 1.29 is 0 Å². The molecule has 0 saturated carbocycles. The van der Waals surface area contributed by atoms with Crippen molar-refractivity contribution in [1.29, 1.82) is 0 Å². The van der Waals surface area contributed by atoms with Gasteiger partial charge < -0.3 is 0 Å². The third-order valence-corrected chi connectivity index (χ3v) is 0. The van der Waals surface area contributed by atoms with Gasteiger partial charge in [0.2, 0.25) is 0 Å². The number of hydrogen-bond acceptors (Lipinski definition) is 0. The lowest BCUT2D eigenvalue weighted by Crippen LogP contribution is -1.93. The van der Waals surface area contributed by atoms with Crippen molar-refractivity contribution in [3.05, 3.63) is 0 Å². The highest BCUT2D eigenvalue weighted by molar-refractivity contribution is 5.76. The van der Waals surface area contributed by atoms with Gasteiger partial charge in [-0.3, -0.25) is 0 Å². The van der Waals surface area contributed by atoms with Crippen LogP contribution < -0.4 is 0 Å². The predicted molar refractivity (Wildman–Crippen MR) is 84.5 cm³/mol. The van der Waals surface area contributed by atoms with Crippen LogP contribution in [-0.2, 0) is 0 Å². The van der Waals surface area contributed by atoms with E-state index < -0.39 is 0 Å². The van der Waals surface area contributed by atoms with E-state index in [4.69, 9.17) is 0 Å². The van der Waals surface area contributed by atoms with Gasteiger partial charge in [0.25, 0.3) is 0 Å². The molecule has 0 N–H and O–H groups in total. The van der Waals surface area contributed by atoms with Gasteiger partial charge in [-0.1, -0.05) is 83.1 Å². The summed E-state index contributed by atoms with van der Waals surface area (Å²) in [4.78, 5) is 0. The standard InChI is InChI=1S/2C5H12.2C2H6.2B/c2*1-5(2,3)4;2*1-2;;/h2*1-4H3;2*1-2H3;;. The molecule has 0 heterocycles. The largest absolute Gasteiger partial charge is 0.0683 e. The zero-order chi connectivity index (χ0) is 13.0. The summed E-state index contributed by atoms with van der Waals surface area (Å²) < 4.78 is 0. The zero-order valence-corrected chi connectivity index (χ0v) is 14.2. The first-order valence-electron chi connectivity index (χ1n) is 6.00. The van der Waals surface area contributed by atoms with E-state index in [1.165, 1.54) is 0 Å². The fourth-order valence-corrected chi connectivity index (χ4v) is 0. The van der Waals surface area contributed by atoms with E-state index in [1.54, 1.807) is 0 Å². The molecule has 0 spiro atoms. The summed E-state index contributed by atoms with van der Waals surface area (Å²) >= 11 is 0. The van der Waals surface area contributed by atoms with Crippen molar-refractivity contribution in [2.45, 2.75) is 83.1 Å². The zero-order valence-electron chi connectivity index (χ0n) is 14.2. The normalized spacial score (nSPS) is 8.25. The first-order chi connectivity index (χ1) is 6.00. The van der Waals surface area contributed by atoms with Gasteiger partial charge in [-0.2, -0.15) is 0 Å². The minimum Gasteiger partial charge on any atom is -0.0683 e. The Kier molecular flexibility index (Phi) is 46.2. The lowest BCUT2D eigenvalue weighted by atomic mass is 10.0. The van der Waals surface area contributed by atoms with Crippen molar-refractivity contribution in [3.63, 3.8) is 0 Å². The Morgan fingerprint density at radius 1 is 0.375 bits per heavy atom. The topological polar surface area (TPSA) is 0 Å². The molecular formula is C14H36B2. The van der Waals surface area contributed by atoms with Gasteiger partial charge in [0.05, 0.1) is 0 Å². The van der Waals surface area contributed by atoms with Crippen LogP contribution in [0, 0.1) is 10.8 Å². The second kappa shape index (κ2) is 20.5. The van der Waals surface area contributed by atoms with Crippen LogP contribution in [0.1, 0.15) is 83.1 Å². The molecule has 0 aromatic carbocycles. The molecule has 6 radical (unpaired) electrons. The summed E-state index contributed by atoms with van der Waals surface area (Å²) in [6.07, 6.45) is 0. The van der Waals surface area contributed by atoms with Crippen LogP contribution >= 0.6 is 0 Å². The van der Waals surface area contributed by atoms with Gasteiger partial charge in [-0.15, -0.1) is 0 Å². The van der Waals surface area contributed by atoms with Crippen LogP contribution in [-0.4, -0.2) is 16.8 Å². The fraction of sp³-hybridized carbons (Fsp3) is 1.00. The average Bonchev–Trinajstić information content (AvgIpc) is 1.88. The Labute approximate surface area is 111 Å². The Hall–Kier alpha value is 0.130. The molecule has 98 valence electrons. The maximum Gasteiger partial charge on any atom is 0 e. The minimum atomic E-state index is 0. The van der Waals surface area contributed by atoms with E-state index >= 15 is 0 Å². The monoisotopic (exact) mass is 226 g/mol. The molecule has 0 nitrogen and oxygen atoms in total. The van der Waals surface area contributed by atoms with E-state index in [2.05, 4.69) is 55.4 Å². The maximum atomic E-state index is 2.19. The molecule has 0 atom stereocenters. The molecule has 0 rings (SSSR count). The lowest BCUT2D eigenvalue weighted by Gasteiger charge is -2.05. The first kappa shape index (κ1) is 36.0. The van der Waals surface area contributed by atoms with Crippen LogP contribution in [0.15, 0.2) is 0 Å². The van der Waals surface area contributed by atoms with Crippen LogP contribution in [0.5, 0.6) is 0 Å². The van der Waals surface area contributed by atoms with E-state index in [-0.39, 0.29) is 16.8 Å². The van der Waals surface area contributed by atoms with Gasteiger partial charge in [0, 0.05) is 16.8 Å². The van der Waals surface area contributed by atoms with Gasteiger partial charge >= 0.3 is 0 Å². The smallest absolute Gasteiger partial charge is 0 e.